The first-order chi connectivity index (χ1) is 11.4. The van der Waals surface area contributed by atoms with E-state index >= 15 is 0 Å². The Morgan fingerprint density at radius 1 is 1.44 bits per heavy atom. The topological polar surface area (TPSA) is 100 Å². The average molecular weight is 408 g/mol. The summed E-state index contributed by atoms with van der Waals surface area (Å²) in [5.41, 5.74) is 0.387. The van der Waals surface area contributed by atoms with Crippen LogP contribution in [0.15, 0.2) is 27.6 Å². The van der Waals surface area contributed by atoms with Crippen molar-refractivity contribution in [1.82, 2.24) is 25.1 Å². The molecule has 0 spiro atoms. The Morgan fingerprint density at radius 2 is 2.20 bits per heavy atom. The third kappa shape index (κ3) is 4.13. The minimum atomic E-state index is -3.58. The highest BCUT2D eigenvalue weighted by Gasteiger charge is 2.26. The molecule has 0 saturated carbocycles. The molecule has 1 unspecified atom stereocenters. The second-order valence-corrected chi connectivity index (χ2v) is 7.80. The second-order valence-electron chi connectivity index (χ2n) is 5.51. The van der Waals surface area contributed by atoms with Gasteiger partial charge < -0.3 is 9.84 Å². The number of benzene rings is 1. The maximum Gasteiger partial charge on any atom is 0.259 e. The molecule has 2 heterocycles. The molecule has 1 fully saturated rings. The summed E-state index contributed by atoms with van der Waals surface area (Å²) < 4.78 is 31.5. The number of hydrogen-bond donors (Lipinski definition) is 2. The van der Waals surface area contributed by atoms with Gasteiger partial charge in [-0.3, -0.25) is 4.90 Å². The van der Waals surface area contributed by atoms with Gasteiger partial charge in [0.2, 0.25) is 10.0 Å². The molecule has 138 valence electrons. The first-order valence-electron chi connectivity index (χ1n) is 7.40. The van der Waals surface area contributed by atoms with Gasteiger partial charge in [-0.25, -0.2) is 13.1 Å². The summed E-state index contributed by atoms with van der Waals surface area (Å²) in [5, 5.41) is 7.66. The van der Waals surface area contributed by atoms with Gasteiger partial charge in [0.25, 0.3) is 5.89 Å². The van der Waals surface area contributed by atoms with Crippen molar-refractivity contribution in [1.29, 1.82) is 0 Å². The number of nitrogens with zero attached hydrogens (tertiary/aromatic N) is 3. The summed E-state index contributed by atoms with van der Waals surface area (Å²) in [4.78, 5) is 6.62. The maximum absolute atomic E-state index is 12.0. The summed E-state index contributed by atoms with van der Waals surface area (Å²) in [6.45, 7) is 2.51. The van der Waals surface area contributed by atoms with Crippen LogP contribution in [0.3, 0.4) is 0 Å². The number of sulfonamides is 1. The molecular weight excluding hydrogens is 389 g/mol. The van der Waals surface area contributed by atoms with Crippen molar-refractivity contribution < 1.29 is 12.9 Å². The van der Waals surface area contributed by atoms with Crippen molar-refractivity contribution in [2.24, 2.45) is 0 Å². The van der Waals surface area contributed by atoms with Gasteiger partial charge in [0.05, 0.1) is 21.5 Å². The molecule has 0 bridgehead atoms. The molecule has 3 rings (SSSR count). The molecule has 1 aromatic heterocycles. The molecule has 1 aromatic carbocycles. The smallest absolute Gasteiger partial charge is 0.259 e. The van der Waals surface area contributed by atoms with Crippen LogP contribution in [0.1, 0.15) is 11.9 Å². The third-order valence-electron chi connectivity index (χ3n) is 4.00. The van der Waals surface area contributed by atoms with E-state index in [-0.39, 0.29) is 29.2 Å². The number of halogens is 2. The molecule has 1 saturated heterocycles. The fourth-order valence-electron chi connectivity index (χ4n) is 2.53. The van der Waals surface area contributed by atoms with Gasteiger partial charge in [0.1, 0.15) is 0 Å². The monoisotopic (exact) mass is 407 g/mol. The Hall–Kier alpha value is -1.23. The van der Waals surface area contributed by atoms with E-state index < -0.39 is 10.0 Å². The Labute approximate surface area is 157 Å². The zero-order valence-corrected chi connectivity index (χ0v) is 16.1. The Kier molecular flexibility index (Phi) is 6.41. The molecule has 1 aliphatic heterocycles. The van der Waals surface area contributed by atoms with Crippen molar-refractivity contribution in [3.05, 3.63) is 29.0 Å². The van der Waals surface area contributed by atoms with E-state index in [4.69, 9.17) is 16.1 Å². The third-order valence-corrected chi connectivity index (χ3v) is 5.74. The first kappa shape index (κ1) is 20.1. The summed E-state index contributed by atoms with van der Waals surface area (Å²) >= 11 is 6.18. The highest BCUT2D eigenvalue weighted by molar-refractivity contribution is 7.89. The van der Waals surface area contributed by atoms with Gasteiger partial charge in [0, 0.05) is 19.6 Å². The molecule has 1 aliphatic rings. The SMILES string of the molecule is CNS(=O)(=O)c1ccc(Cl)c(-c2nc(C3CNCCN3C)no2)c1.Cl. The number of nitrogens with one attached hydrogen (secondary N) is 2. The van der Waals surface area contributed by atoms with E-state index in [2.05, 4.69) is 25.1 Å². The van der Waals surface area contributed by atoms with Crippen LogP contribution in [-0.4, -0.2) is 57.2 Å². The fraction of sp³-hybridized carbons (Fsp3) is 0.429. The number of likely N-dealkylation sites (N-methyl/N-ethyl adjacent to an activating group) is 1. The molecule has 0 aliphatic carbocycles. The summed E-state index contributed by atoms with van der Waals surface area (Å²) in [5.74, 6) is 0.736. The molecule has 0 radical (unpaired) electrons. The first-order valence-corrected chi connectivity index (χ1v) is 9.26. The molecule has 2 aromatic rings. The largest absolute Gasteiger partial charge is 0.334 e. The number of aromatic nitrogens is 2. The molecule has 25 heavy (non-hydrogen) atoms. The number of piperazine rings is 1. The highest BCUT2D eigenvalue weighted by atomic mass is 35.5. The molecule has 8 nitrogen and oxygen atoms in total. The quantitative estimate of drug-likeness (QED) is 0.787. The van der Waals surface area contributed by atoms with Crippen molar-refractivity contribution in [3.63, 3.8) is 0 Å². The Balaban J connectivity index is 0.00000225. The lowest BCUT2D eigenvalue weighted by molar-refractivity contribution is 0.190. The maximum atomic E-state index is 12.0. The molecule has 11 heteroatoms. The lowest BCUT2D eigenvalue weighted by atomic mass is 10.2. The van der Waals surface area contributed by atoms with Crippen LogP contribution in [0.25, 0.3) is 11.5 Å². The summed E-state index contributed by atoms with van der Waals surface area (Å²) in [7, 11) is -0.242. The highest BCUT2D eigenvalue weighted by Crippen LogP contribution is 2.30. The van der Waals surface area contributed by atoms with E-state index in [0.717, 1.165) is 19.6 Å². The second kappa shape index (κ2) is 7.98. The predicted octanol–water partition coefficient (Wildman–Crippen LogP) is 1.30. The predicted molar refractivity (Wildman–Crippen MR) is 96.5 cm³/mol. The lowest BCUT2D eigenvalue weighted by Crippen LogP contribution is -2.44. The van der Waals surface area contributed by atoms with Crippen LogP contribution >= 0.6 is 24.0 Å². The molecular formula is C14H19Cl2N5O3S. The van der Waals surface area contributed by atoms with E-state index in [1.54, 1.807) is 0 Å². The number of hydrogen-bond acceptors (Lipinski definition) is 7. The van der Waals surface area contributed by atoms with E-state index in [0.29, 0.717) is 16.4 Å². The van der Waals surface area contributed by atoms with Crippen LogP contribution in [-0.2, 0) is 10.0 Å². The molecule has 2 N–H and O–H groups in total. The molecule has 0 amide bonds. The minimum Gasteiger partial charge on any atom is -0.334 e. The van der Waals surface area contributed by atoms with E-state index in [1.807, 2.05) is 7.05 Å². The minimum absolute atomic E-state index is 0. The van der Waals surface area contributed by atoms with Crippen molar-refractivity contribution in [3.8, 4) is 11.5 Å². The Bertz CT molecular complexity index is 843. The zero-order valence-electron chi connectivity index (χ0n) is 13.7. The van der Waals surface area contributed by atoms with Crippen molar-refractivity contribution >= 4 is 34.0 Å². The van der Waals surface area contributed by atoms with Crippen LogP contribution in [0.5, 0.6) is 0 Å². The average Bonchev–Trinajstić information content (AvgIpc) is 3.05. The van der Waals surface area contributed by atoms with Crippen molar-refractivity contribution in [2.75, 3.05) is 33.7 Å². The summed E-state index contributed by atoms with van der Waals surface area (Å²) in [6.07, 6.45) is 0. The van der Waals surface area contributed by atoms with Crippen LogP contribution in [0.2, 0.25) is 5.02 Å². The molecule has 1 atom stereocenters. The van der Waals surface area contributed by atoms with Gasteiger partial charge in [-0.05, 0) is 32.3 Å². The zero-order chi connectivity index (χ0) is 17.3. The van der Waals surface area contributed by atoms with Crippen molar-refractivity contribution in [2.45, 2.75) is 10.9 Å². The van der Waals surface area contributed by atoms with Gasteiger partial charge in [-0.2, -0.15) is 4.98 Å². The Morgan fingerprint density at radius 3 is 2.88 bits per heavy atom. The van der Waals surface area contributed by atoms with Gasteiger partial charge in [-0.15, -0.1) is 12.4 Å². The van der Waals surface area contributed by atoms with Crippen LogP contribution in [0, 0.1) is 0 Å². The van der Waals surface area contributed by atoms with Crippen LogP contribution in [0.4, 0.5) is 0 Å². The lowest BCUT2D eigenvalue weighted by Gasteiger charge is -2.30. The normalized spacial score (nSPS) is 18.8. The van der Waals surface area contributed by atoms with Crippen LogP contribution < -0.4 is 10.0 Å². The number of rotatable bonds is 4. The standard InChI is InChI=1S/C14H18ClN5O3S.ClH/c1-16-24(21,22)9-3-4-11(15)10(7-9)14-18-13(19-23-14)12-8-17-5-6-20(12)2;/h3-4,7,12,16-17H,5-6,8H2,1-2H3;1H. The van der Waals surface area contributed by atoms with Gasteiger partial charge in [-0.1, -0.05) is 16.8 Å². The van der Waals surface area contributed by atoms with E-state index in [9.17, 15) is 8.42 Å². The van der Waals surface area contributed by atoms with Gasteiger partial charge in [0.15, 0.2) is 5.82 Å². The fourth-order valence-corrected chi connectivity index (χ4v) is 3.48. The van der Waals surface area contributed by atoms with Gasteiger partial charge >= 0.3 is 0 Å². The van der Waals surface area contributed by atoms with E-state index in [1.165, 1.54) is 25.2 Å². The summed E-state index contributed by atoms with van der Waals surface area (Å²) in [6, 6.07) is 4.35.